The second kappa shape index (κ2) is 6.80. The summed E-state index contributed by atoms with van der Waals surface area (Å²) in [6, 6.07) is 18.9. The minimum Gasteiger partial charge on any atom is -0.380 e. The number of rotatable bonds is 4. The summed E-state index contributed by atoms with van der Waals surface area (Å²) in [7, 11) is 1.61. The first-order valence-corrected chi connectivity index (χ1v) is 7.56. The largest absolute Gasteiger partial charge is 0.380 e. The van der Waals surface area contributed by atoms with Gasteiger partial charge in [-0.25, -0.2) is 4.98 Å². The number of hydrogen-bond acceptors (Lipinski definition) is 4. The number of nitriles is 1. The molecule has 2 N–H and O–H groups in total. The monoisotopic (exact) mass is 316 g/mol. The highest BCUT2D eigenvalue weighted by Gasteiger charge is 2.06. The topological polar surface area (TPSA) is 77.8 Å². The van der Waals surface area contributed by atoms with Gasteiger partial charge in [0.05, 0.1) is 5.52 Å². The zero-order chi connectivity index (χ0) is 16.9. The van der Waals surface area contributed by atoms with Crippen molar-refractivity contribution in [3.8, 4) is 6.07 Å². The number of carbonyl (C=O) groups excluding carboxylic acids is 1. The van der Waals surface area contributed by atoms with Crippen LogP contribution in [-0.4, -0.2) is 17.9 Å². The normalized spacial score (nSPS) is 10.2. The summed E-state index contributed by atoms with van der Waals surface area (Å²) in [5.74, 6) is -0.103. The second-order valence-electron chi connectivity index (χ2n) is 5.31. The van der Waals surface area contributed by atoms with Gasteiger partial charge in [-0.1, -0.05) is 30.3 Å². The van der Waals surface area contributed by atoms with E-state index in [1.165, 1.54) is 0 Å². The van der Waals surface area contributed by atoms with Crippen molar-refractivity contribution in [2.75, 3.05) is 12.4 Å². The number of anilines is 1. The van der Waals surface area contributed by atoms with E-state index in [1.807, 2.05) is 36.4 Å². The van der Waals surface area contributed by atoms with Crippen LogP contribution in [0.25, 0.3) is 10.9 Å². The first-order valence-electron chi connectivity index (χ1n) is 7.56. The Morgan fingerprint density at radius 1 is 1.17 bits per heavy atom. The quantitative estimate of drug-likeness (QED) is 0.775. The molecule has 0 spiro atoms. The number of amides is 1. The first-order chi connectivity index (χ1) is 11.7. The maximum absolute atomic E-state index is 11.6. The smallest absolute Gasteiger partial charge is 0.251 e. The molecule has 5 heteroatoms. The molecule has 2 aromatic carbocycles. The third-order valence-corrected chi connectivity index (χ3v) is 3.76. The van der Waals surface area contributed by atoms with Gasteiger partial charge in [-0.15, -0.1) is 0 Å². The lowest BCUT2D eigenvalue weighted by atomic mass is 10.1. The number of aromatic nitrogens is 1. The van der Waals surface area contributed by atoms with E-state index in [0.29, 0.717) is 17.8 Å². The first kappa shape index (κ1) is 15.5. The zero-order valence-corrected chi connectivity index (χ0v) is 13.2. The van der Waals surface area contributed by atoms with E-state index in [4.69, 9.17) is 5.26 Å². The van der Waals surface area contributed by atoms with Crippen LogP contribution in [-0.2, 0) is 6.54 Å². The Morgan fingerprint density at radius 3 is 2.62 bits per heavy atom. The molecule has 118 valence electrons. The molecule has 1 aromatic heterocycles. The average Bonchev–Trinajstić information content (AvgIpc) is 2.65. The number of benzene rings is 2. The Labute approximate surface area is 140 Å². The van der Waals surface area contributed by atoms with Crippen molar-refractivity contribution in [2.45, 2.75) is 6.54 Å². The Balaban J connectivity index is 1.83. The van der Waals surface area contributed by atoms with Gasteiger partial charge in [-0.05, 0) is 29.8 Å². The third kappa shape index (κ3) is 3.18. The molecule has 3 aromatic rings. The van der Waals surface area contributed by atoms with Crippen LogP contribution in [0.15, 0.2) is 54.6 Å². The van der Waals surface area contributed by atoms with Crippen LogP contribution in [0.3, 0.4) is 0 Å². The van der Waals surface area contributed by atoms with Crippen LogP contribution >= 0.6 is 0 Å². The molecule has 0 aliphatic heterocycles. The zero-order valence-electron chi connectivity index (χ0n) is 13.2. The number of hydrogen-bond donors (Lipinski definition) is 2. The lowest BCUT2D eigenvalue weighted by Gasteiger charge is -2.10. The number of carbonyl (C=O) groups is 1. The number of nitrogens with zero attached hydrogens (tertiary/aromatic N) is 2. The highest BCUT2D eigenvalue weighted by atomic mass is 16.1. The molecule has 0 fully saturated rings. The van der Waals surface area contributed by atoms with Crippen molar-refractivity contribution in [1.82, 2.24) is 10.3 Å². The fourth-order valence-corrected chi connectivity index (χ4v) is 2.49. The van der Waals surface area contributed by atoms with Crippen molar-refractivity contribution in [2.24, 2.45) is 0 Å². The van der Waals surface area contributed by atoms with Crippen LogP contribution in [0.2, 0.25) is 0 Å². The molecule has 24 heavy (non-hydrogen) atoms. The summed E-state index contributed by atoms with van der Waals surface area (Å²) >= 11 is 0. The van der Waals surface area contributed by atoms with Gasteiger partial charge in [-0.2, -0.15) is 5.26 Å². The van der Waals surface area contributed by atoms with Crippen molar-refractivity contribution in [3.05, 3.63) is 71.4 Å². The Bertz CT molecular complexity index is 926. The minimum atomic E-state index is -0.103. The lowest BCUT2D eigenvalue weighted by molar-refractivity contribution is 0.0963. The van der Waals surface area contributed by atoms with E-state index in [9.17, 15) is 4.79 Å². The van der Waals surface area contributed by atoms with Gasteiger partial charge >= 0.3 is 0 Å². The fraction of sp³-hybridized carbons (Fsp3) is 0.105. The van der Waals surface area contributed by atoms with E-state index in [0.717, 1.165) is 22.2 Å². The Morgan fingerprint density at radius 2 is 1.92 bits per heavy atom. The lowest BCUT2D eigenvalue weighted by Crippen LogP contribution is -2.17. The summed E-state index contributed by atoms with van der Waals surface area (Å²) in [4.78, 5) is 15.9. The van der Waals surface area contributed by atoms with Gasteiger partial charge in [0.25, 0.3) is 5.91 Å². The predicted molar refractivity (Wildman–Crippen MR) is 93.6 cm³/mol. The molecular formula is C19H16N4O. The van der Waals surface area contributed by atoms with Crippen LogP contribution in [0.4, 0.5) is 5.69 Å². The van der Waals surface area contributed by atoms with Crippen LogP contribution in [0, 0.1) is 11.3 Å². The highest BCUT2D eigenvalue weighted by molar-refractivity contribution is 5.94. The summed E-state index contributed by atoms with van der Waals surface area (Å²) in [5, 5.41) is 16.1. The van der Waals surface area contributed by atoms with Gasteiger partial charge in [0.1, 0.15) is 11.8 Å². The molecule has 0 aliphatic carbocycles. The Hall–Kier alpha value is -3.39. The van der Waals surface area contributed by atoms with Gasteiger partial charge in [0.15, 0.2) is 0 Å². The molecule has 0 unspecified atom stereocenters. The molecule has 0 saturated carbocycles. The molecule has 0 radical (unpaired) electrons. The predicted octanol–water partition coefficient (Wildman–Crippen LogP) is 3.08. The summed E-state index contributed by atoms with van der Waals surface area (Å²) in [6.07, 6.45) is 0. The summed E-state index contributed by atoms with van der Waals surface area (Å²) in [6.45, 7) is 0.590. The van der Waals surface area contributed by atoms with E-state index in [2.05, 4.69) is 21.7 Å². The van der Waals surface area contributed by atoms with Gasteiger partial charge in [0.2, 0.25) is 0 Å². The van der Waals surface area contributed by atoms with Gasteiger partial charge in [-0.3, -0.25) is 4.79 Å². The molecule has 0 atom stereocenters. The minimum absolute atomic E-state index is 0.103. The molecule has 1 amide bonds. The Kier molecular flexibility index (Phi) is 4.39. The van der Waals surface area contributed by atoms with Crippen LogP contribution in [0.1, 0.15) is 21.6 Å². The molecule has 0 bridgehead atoms. The van der Waals surface area contributed by atoms with Gasteiger partial charge in [0, 0.05) is 30.2 Å². The SMILES string of the molecule is CNC(=O)c1ccc(CNc2cc(C#N)nc3ccccc23)cc1. The van der Waals surface area contributed by atoms with Crippen molar-refractivity contribution < 1.29 is 4.79 Å². The van der Waals surface area contributed by atoms with E-state index in [-0.39, 0.29) is 5.91 Å². The molecule has 3 rings (SSSR count). The summed E-state index contributed by atoms with van der Waals surface area (Å²) in [5.41, 5.74) is 3.71. The van der Waals surface area contributed by atoms with Crippen molar-refractivity contribution in [1.29, 1.82) is 5.26 Å². The van der Waals surface area contributed by atoms with Crippen LogP contribution in [0.5, 0.6) is 0 Å². The molecule has 0 saturated heterocycles. The number of pyridine rings is 1. The standard InChI is InChI=1S/C19H16N4O/c1-21-19(24)14-8-6-13(7-9-14)12-22-18-10-15(11-20)23-17-5-3-2-4-16(17)18/h2-10H,12H2,1H3,(H,21,24)(H,22,23). The van der Waals surface area contributed by atoms with Crippen molar-refractivity contribution in [3.63, 3.8) is 0 Å². The number of nitrogens with one attached hydrogen (secondary N) is 2. The second-order valence-corrected chi connectivity index (χ2v) is 5.31. The highest BCUT2D eigenvalue weighted by Crippen LogP contribution is 2.23. The van der Waals surface area contributed by atoms with E-state index >= 15 is 0 Å². The van der Waals surface area contributed by atoms with E-state index in [1.54, 1.807) is 25.2 Å². The molecular weight excluding hydrogens is 300 g/mol. The van der Waals surface area contributed by atoms with Crippen molar-refractivity contribution >= 4 is 22.5 Å². The maximum atomic E-state index is 11.6. The molecule has 0 aliphatic rings. The molecule has 1 heterocycles. The number of para-hydroxylation sites is 1. The summed E-state index contributed by atoms with van der Waals surface area (Å²) < 4.78 is 0. The number of fused-ring (bicyclic) bond motifs is 1. The van der Waals surface area contributed by atoms with E-state index < -0.39 is 0 Å². The fourth-order valence-electron chi connectivity index (χ4n) is 2.49. The third-order valence-electron chi connectivity index (χ3n) is 3.76. The maximum Gasteiger partial charge on any atom is 0.251 e. The van der Waals surface area contributed by atoms with Gasteiger partial charge < -0.3 is 10.6 Å². The average molecular weight is 316 g/mol. The van der Waals surface area contributed by atoms with Crippen LogP contribution < -0.4 is 10.6 Å². The molecule has 5 nitrogen and oxygen atoms in total.